The Bertz CT molecular complexity index is 1920. The number of carbonyl (C=O) groups excluding carboxylic acids is 1. The minimum absolute atomic E-state index is 0.0383. The summed E-state index contributed by atoms with van der Waals surface area (Å²) in [4.78, 5) is 46.0. The number of likely N-dealkylation sites (tertiary alicyclic amines) is 1. The molecule has 45 heavy (non-hydrogen) atoms. The van der Waals surface area contributed by atoms with E-state index in [1.165, 1.54) is 35.0 Å². The van der Waals surface area contributed by atoms with Crippen molar-refractivity contribution in [1.82, 2.24) is 19.0 Å². The molecule has 1 fully saturated rings. The van der Waals surface area contributed by atoms with Gasteiger partial charge in [0.1, 0.15) is 28.5 Å². The number of anilines is 2. The van der Waals surface area contributed by atoms with Gasteiger partial charge in [0.15, 0.2) is 11.6 Å². The molecule has 1 aliphatic rings. The van der Waals surface area contributed by atoms with E-state index >= 15 is 4.39 Å². The maximum Gasteiger partial charge on any atom is 0.335 e. The Morgan fingerprint density at radius 2 is 1.78 bits per heavy atom. The zero-order chi connectivity index (χ0) is 32.2. The number of rotatable bonds is 6. The van der Waals surface area contributed by atoms with Gasteiger partial charge >= 0.3 is 5.69 Å². The summed E-state index contributed by atoms with van der Waals surface area (Å²) in [5.41, 5.74) is 4.59. The van der Waals surface area contributed by atoms with Gasteiger partial charge in [-0.25, -0.2) is 23.1 Å². The number of nitrogens with two attached hydrogens (primary N) is 1. The van der Waals surface area contributed by atoms with Crippen LogP contribution in [0.4, 0.5) is 20.3 Å². The van der Waals surface area contributed by atoms with Crippen molar-refractivity contribution >= 4 is 17.4 Å². The van der Waals surface area contributed by atoms with Gasteiger partial charge in [-0.15, -0.1) is 0 Å². The van der Waals surface area contributed by atoms with E-state index in [-0.39, 0.29) is 40.2 Å². The molecule has 3 N–H and O–H groups in total. The van der Waals surface area contributed by atoms with E-state index in [0.717, 1.165) is 54.9 Å². The molecule has 3 heterocycles. The van der Waals surface area contributed by atoms with Gasteiger partial charge < -0.3 is 20.7 Å². The molecular formula is C33H32F2N6O4. The Morgan fingerprint density at radius 1 is 1.07 bits per heavy atom. The highest BCUT2D eigenvalue weighted by atomic mass is 19.1. The highest BCUT2D eigenvalue weighted by Gasteiger charge is 2.21. The molecule has 2 aromatic carbocycles. The monoisotopic (exact) mass is 614 g/mol. The lowest BCUT2D eigenvalue weighted by atomic mass is 9.97. The lowest BCUT2D eigenvalue weighted by Crippen LogP contribution is -2.42. The molecule has 1 saturated heterocycles. The first kappa shape index (κ1) is 31.2. The van der Waals surface area contributed by atoms with Gasteiger partial charge in [0.25, 0.3) is 11.5 Å². The fourth-order valence-corrected chi connectivity index (χ4v) is 4.89. The summed E-state index contributed by atoms with van der Waals surface area (Å²) in [5.74, 6) is 4.53. The van der Waals surface area contributed by atoms with Crippen molar-refractivity contribution < 1.29 is 18.3 Å². The Balaban J connectivity index is 1.39. The number of hydrogen-bond acceptors (Lipinski definition) is 7. The molecule has 1 aliphatic heterocycles. The van der Waals surface area contributed by atoms with E-state index in [9.17, 15) is 18.8 Å². The van der Waals surface area contributed by atoms with Gasteiger partial charge in [-0.05, 0) is 83.2 Å². The molecule has 0 saturated carbocycles. The Morgan fingerprint density at radius 3 is 2.44 bits per heavy atom. The van der Waals surface area contributed by atoms with Gasteiger partial charge in [0.2, 0.25) is 0 Å². The van der Waals surface area contributed by atoms with Crippen molar-refractivity contribution in [2.45, 2.75) is 32.7 Å². The molecule has 1 amide bonds. The Hall–Kier alpha value is -5.28. The first-order valence-electron chi connectivity index (χ1n) is 14.4. The first-order valence-corrected chi connectivity index (χ1v) is 14.4. The second-order valence-electron chi connectivity index (χ2n) is 11.1. The van der Waals surface area contributed by atoms with Crippen LogP contribution in [0.15, 0.2) is 70.5 Å². The van der Waals surface area contributed by atoms with Gasteiger partial charge in [-0.1, -0.05) is 11.8 Å². The fourth-order valence-electron chi connectivity index (χ4n) is 4.89. The Kier molecular flexibility index (Phi) is 9.11. The summed E-state index contributed by atoms with van der Waals surface area (Å²) in [6.45, 7) is 5.31. The van der Waals surface area contributed by atoms with Gasteiger partial charge in [-0.3, -0.25) is 14.2 Å². The minimum Gasteiger partial charge on any atom is -0.453 e. The molecule has 0 spiro atoms. The lowest BCUT2D eigenvalue weighted by Gasteiger charge is -2.25. The molecule has 4 aromatic rings. The van der Waals surface area contributed by atoms with Crippen LogP contribution in [0.1, 0.15) is 48.7 Å². The smallest absolute Gasteiger partial charge is 0.335 e. The van der Waals surface area contributed by atoms with E-state index in [1.807, 2.05) is 0 Å². The van der Waals surface area contributed by atoms with Crippen LogP contribution < -0.4 is 27.0 Å². The predicted octanol–water partition coefficient (Wildman–Crippen LogP) is 4.57. The van der Waals surface area contributed by atoms with Crippen LogP contribution in [0.5, 0.6) is 11.5 Å². The summed E-state index contributed by atoms with van der Waals surface area (Å²) in [7, 11) is 2.07. The standard InChI is InChI=1S/C33H32F2N6O4/c1-20(2)40-19-26(32(43)41(33(40)44)24-8-5-22(34)6-9-24)31(42)38-23-7-11-29(27(35)18-23)45-28-12-15-37-30(36)25(28)10-4-21-13-16-39(3)17-14-21/h5-9,11-12,15,18-21H,13-14,16-17H2,1-3H3,(H2,36,37)(H,38,42). The van der Waals surface area contributed by atoms with Crippen LogP contribution in [0.25, 0.3) is 5.69 Å². The molecule has 12 heteroatoms. The molecule has 0 aliphatic carbocycles. The van der Waals surface area contributed by atoms with E-state index in [0.29, 0.717) is 5.56 Å². The van der Waals surface area contributed by atoms with Gasteiger partial charge in [0.05, 0.1) is 5.69 Å². The maximum atomic E-state index is 15.2. The minimum atomic E-state index is -0.911. The molecule has 0 unspecified atom stereocenters. The number of nitrogens with one attached hydrogen (secondary N) is 1. The number of nitrogens with zero attached hydrogens (tertiary/aromatic N) is 4. The highest BCUT2D eigenvalue weighted by Crippen LogP contribution is 2.31. The summed E-state index contributed by atoms with van der Waals surface area (Å²) in [5, 5.41) is 2.51. The molecule has 5 rings (SSSR count). The summed E-state index contributed by atoms with van der Waals surface area (Å²) < 4.78 is 36.6. The first-order chi connectivity index (χ1) is 21.5. The van der Waals surface area contributed by atoms with Crippen LogP contribution in [0.3, 0.4) is 0 Å². The third kappa shape index (κ3) is 6.94. The number of carbonyl (C=O) groups is 1. The van der Waals surface area contributed by atoms with Crippen LogP contribution in [0, 0.1) is 29.4 Å². The number of pyridine rings is 1. The highest BCUT2D eigenvalue weighted by molar-refractivity contribution is 6.03. The van der Waals surface area contributed by atoms with E-state index < -0.39 is 34.8 Å². The lowest BCUT2D eigenvalue weighted by molar-refractivity contribution is 0.102. The number of benzene rings is 2. The van der Waals surface area contributed by atoms with Crippen LogP contribution >= 0.6 is 0 Å². The number of aromatic nitrogens is 3. The number of hydrogen-bond donors (Lipinski definition) is 2. The van der Waals surface area contributed by atoms with Crippen molar-refractivity contribution in [2.75, 3.05) is 31.2 Å². The largest absolute Gasteiger partial charge is 0.453 e. The third-order valence-corrected chi connectivity index (χ3v) is 7.47. The van der Waals surface area contributed by atoms with E-state index in [4.69, 9.17) is 10.5 Å². The number of amides is 1. The van der Waals surface area contributed by atoms with Crippen LogP contribution in [-0.4, -0.2) is 45.1 Å². The van der Waals surface area contributed by atoms with Crippen LogP contribution in [0.2, 0.25) is 0 Å². The molecule has 10 nitrogen and oxygen atoms in total. The number of piperidine rings is 1. The molecule has 0 atom stereocenters. The molecule has 0 radical (unpaired) electrons. The average molecular weight is 615 g/mol. The van der Waals surface area contributed by atoms with Gasteiger partial charge in [-0.2, -0.15) is 0 Å². The van der Waals surface area contributed by atoms with Gasteiger partial charge in [0, 0.05) is 42.2 Å². The van der Waals surface area contributed by atoms with Crippen molar-refractivity contribution in [3.8, 4) is 29.0 Å². The summed E-state index contributed by atoms with van der Waals surface area (Å²) in [6, 6.07) is 9.63. The van der Waals surface area contributed by atoms with E-state index in [1.54, 1.807) is 19.9 Å². The topological polar surface area (TPSA) is 124 Å². The number of halogens is 2. The zero-order valence-corrected chi connectivity index (χ0v) is 25.0. The van der Waals surface area contributed by atoms with Crippen molar-refractivity contribution in [3.63, 3.8) is 0 Å². The molecule has 2 aromatic heterocycles. The summed E-state index contributed by atoms with van der Waals surface area (Å²) >= 11 is 0. The average Bonchev–Trinajstić information content (AvgIpc) is 3.00. The van der Waals surface area contributed by atoms with Crippen molar-refractivity contribution in [1.29, 1.82) is 0 Å². The number of ether oxygens (including phenoxy) is 1. The fraction of sp³-hybridized carbons (Fsp3) is 0.273. The maximum absolute atomic E-state index is 15.2. The third-order valence-electron chi connectivity index (χ3n) is 7.47. The summed E-state index contributed by atoms with van der Waals surface area (Å²) in [6.07, 6.45) is 4.45. The van der Waals surface area contributed by atoms with E-state index in [2.05, 4.69) is 34.1 Å². The normalized spacial score (nSPS) is 13.7. The van der Waals surface area contributed by atoms with Crippen LogP contribution in [-0.2, 0) is 0 Å². The SMILES string of the molecule is CC(C)n1cc(C(=O)Nc2ccc(Oc3ccnc(N)c3C#CC3CCN(C)CC3)c(F)c2)c(=O)n(-c2ccc(F)cc2)c1=O. The molecule has 0 bridgehead atoms. The number of nitrogen functional groups attached to an aromatic ring is 1. The zero-order valence-electron chi connectivity index (χ0n) is 25.0. The van der Waals surface area contributed by atoms with Crippen molar-refractivity contribution in [3.05, 3.63) is 105 Å². The molecule has 232 valence electrons. The molecular weight excluding hydrogens is 582 g/mol. The second-order valence-corrected chi connectivity index (χ2v) is 11.1. The predicted molar refractivity (Wildman–Crippen MR) is 167 cm³/mol. The van der Waals surface area contributed by atoms with Crippen molar-refractivity contribution in [2.24, 2.45) is 5.92 Å². The second kappa shape index (κ2) is 13.2. The quantitative estimate of drug-likeness (QED) is 0.305. The Labute approximate surface area is 258 Å².